The van der Waals surface area contributed by atoms with E-state index < -0.39 is 0 Å². The normalized spacial score (nSPS) is 12.1. The maximum Gasteiger partial charge on any atom is 0.243 e. The van der Waals surface area contributed by atoms with Crippen LogP contribution in [0.15, 0.2) is 23.2 Å². The third-order valence-electron chi connectivity index (χ3n) is 2.13. The lowest BCUT2D eigenvalue weighted by Crippen LogP contribution is -2.01. The first kappa shape index (κ1) is 12.0. The van der Waals surface area contributed by atoms with E-state index in [9.17, 15) is 9.59 Å². The van der Waals surface area contributed by atoms with Gasteiger partial charge in [0.2, 0.25) is 11.8 Å². The van der Waals surface area contributed by atoms with Gasteiger partial charge in [-0.1, -0.05) is 11.6 Å². The summed E-state index contributed by atoms with van der Waals surface area (Å²) in [6, 6.07) is 5.15. The number of hydrogen-bond donors (Lipinski definition) is 0. The molecule has 0 saturated heterocycles. The zero-order chi connectivity index (χ0) is 12.6. The van der Waals surface area contributed by atoms with E-state index in [0.717, 1.165) is 11.5 Å². The number of carbonyl (C=O) groups excluding carboxylic acids is 2. The Morgan fingerprint density at radius 3 is 2.65 bits per heavy atom. The summed E-state index contributed by atoms with van der Waals surface area (Å²) in [7, 11) is 0. The Hall–Kier alpha value is -1.46. The fourth-order valence-corrected chi connectivity index (χ4v) is 2.66. The van der Waals surface area contributed by atoms with Crippen LogP contribution in [-0.4, -0.2) is 15.8 Å². The highest BCUT2D eigenvalue weighted by molar-refractivity contribution is 7.06. The largest absolute Gasteiger partial charge is 0.274 e. The zero-order valence-electron chi connectivity index (χ0n) is 9.23. The van der Waals surface area contributed by atoms with Gasteiger partial charge in [0, 0.05) is 24.3 Å². The predicted molar refractivity (Wildman–Crippen MR) is 67.4 cm³/mol. The minimum Gasteiger partial charge on any atom is -0.274 e. The maximum atomic E-state index is 11.5. The van der Waals surface area contributed by atoms with Gasteiger partial charge in [0.15, 0.2) is 0 Å². The van der Waals surface area contributed by atoms with E-state index in [1.165, 1.54) is 17.8 Å². The van der Waals surface area contributed by atoms with Crippen LogP contribution in [0.3, 0.4) is 0 Å². The van der Waals surface area contributed by atoms with Crippen LogP contribution in [0.4, 0.5) is 0 Å². The Labute approximate surface area is 106 Å². The maximum absolute atomic E-state index is 11.5. The molecule has 0 saturated carbocycles. The minimum atomic E-state index is -0.302. The molecule has 0 radical (unpaired) electrons. The quantitative estimate of drug-likeness (QED) is 0.737. The molecule has 0 fully saturated rings. The van der Waals surface area contributed by atoms with E-state index in [1.54, 1.807) is 18.2 Å². The SMILES string of the molecule is CC(=O)N=c1sn(C(C)=O)c2ccc(Cl)cc12. The summed E-state index contributed by atoms with van der Waals surface area (Å²) in [5, 5.41) is 1.26. The van der Waals surface area contributed by atoms with E-state index in [4.69, 9.17) is 11.6 Å². The number of nitrogens with zero attached hydrogens (tertiary/aromatic N) is 2. The van der Waals surface area contributed by atoms with Crippen LogP contribution in [0.2, 0.25) is 5.02 Å². The zero-order valence-corrected chi connectivity index (χ0v) is 10.8. The number of halogens is 1. The van der Waals surface area contributed by atoms with Gasteiger partial charge in [-0.05, 0) is 29.7 Å². The summed E-state index contributed by atoms with van der Waals surface area (Å²) in [4.78, 5) is 26.4. The fraction of sp³-hybridized carbons (Fsp3) is 0.182. The summed E-state index contributed by atoms with van der Waals surface area (Å²) in [5.74, 6) is -0.420. The van der Waals surface area contributed by atoms with Gasteiger partial charge in [0.25, 0.3) is 0 Å². The molecule has 0 aliphatic rings. The smallest absolute Gasteiger partial charge is 0.243 e. The van der Waals surface area contributed by atoms with Crippen LogP contribution < -0.4 is 4.67 Å². The summed E-state index contributed by atoms with van der Waals surface area (Å²) < 4.78 is 2.00. The highest BCUT2D eigenvalue weighted by Crippen LogP contribution is 2.19. The molecule has 0 aliphatic carbocycles. The Balaban J connectivity index is 2.90. The van der Waals surface area contributed by atoms with Gasteiger partial charge in [0.05, 0.1) is 5.52 Å². The van der Waals surface area contributed by atoms with Crippen LogP contribution in [0.1, 0.15) is 18.6 Å². The standard InChI is InChI=1S/C11H9ClN2O2S/c1-6(15)13-11-9-5-8(12)3-4-10(9)14(17-11)7(2)16/h3-5H,1-2H3. The van der Waals surface area contributed by atoms with Crippen LogP contribution in [0.5, 0.6) is 0 Å². The first-order valence-electron chi connectivity index (χ1n) is 4.87. The van der Waals surface area contributed by atoms with Crippen molar-refractivity contribution in [2.45, 2.75) is 13.8 Å². The lowest BCUT2D eigenvalue weighted by Gasteiger charge is -1.96. The van der Waals surface area contributed by atoms with Crippen molar-refractivity contribution in [1.82, 2.24) is 3.96 Å². The summed E-state index contributed by atoms with van der Waals surface area (Å²) in [5.41, 5.74) is 0.715. The van der Waals surface area contributed by atoms with E-state index in [-0.39, 0.29) is 11.8 Å². The summed E-state index contributed by atoms with van der Waals surface area (Å²) in [6.45, 7) is 2.83. The predicted octanol–water partition coefficient (Wildman–Crippen LogP) is 2.46. The summed E-state index contributed by atoms with van der Waals surface area (Å²) in [6.07, 6.45) is 0. The lowest BCUT2D eigenvalue weighted by molar-refractivity contribution is -0.116. The second kappa shape index (κ2) is 4.43. The van der Waals surface area contributed by atoms with E-state index in [2.05, 4.69) is 4.99 Å². The topological polar surface area (TPSA) is 51.4 Å². The molecule has 2 rings (SSSR count). The van der Waals surface area contributed by atoms with E-state index in [1.807, 2.05) is 0 Å². The molecule has 0 atom stereocenters. The van der Waals surface area contributed by atoms with Gasteiger partial charge in [-0.25, -0.2) is 8.95 Å². The molecule has 4 nitrogen and oxygen atoms in total. The molecule has 1 amide bonds. The average Bonchev–Trinajstić information content (AvgIpc) is 2.56. The average molecular weight is 269 g/mol. The van der Waals surface area contributed by atoms with Gasteiger partial charge in [0.1, 0.15) is 4.67 Å². The molecule has 6 heteroatoms. The number of amides is 1. The summed E-state index contributed by atoms with van der Waals surface area (Å²) >= 11 is 7.04. The molecule has 1 heterocycles. The fourth-order valence-electron chi connectivity index (χ4n) is 1.50. The number of rotatable bonds is 0. The number of hydrogen-bond acceptors (Lipinski definition) is 3. The molecule has 0 aliphatic heterocycles. The Morgan fingerprint density at radius 1 is 1.35 bits per heavy atom. The van der Waals surface area contributed by atoms with Crippen molar-refractivity contribution in [3.63, 3.8) is 0 Å². The molecule has 1 aromatic carbocycles. The number of aromatic nitrogens is 1. The molecule has 0 bridgehead atoms. The van der Waals surface area contributed by atoms with Crippen molar-refractivity contribution in [1.29, 1.82) is 0 Å². The van der Waals surface area contributed by atoms with Crippen molar-refractivity contribution in [2.24, 2.45) is 4.99 Å². The number of fused-ring (bicyclic) bond motifs is 1. The van der Waals surface area contributed by atoms with E-state index in [0.29, 0.717) is 20.6 Å². The molecule has 17 heavy (non-hydrogen) atoms. The van der Waals surface area contributed by atoms with Crippen LogP contribution in [0.25, 0.3) is 10.9 Å². The second-order valence-corrected chi connectivity index (χ2v) is 4.87. The van der Waals surface area contributed by atoms with Crippen LogP contribution in [0, 0.1) is 0 Å². The van der Waals surface area contributed by atoms with Crippen molar-refractivity contribution in [3.05, 3.63) is 27.9 Å². The molecule has 0 N–H and O–H groups in total. The Morgan fingerprint density at radius 2 is 2.06 bits per heavy atom. The molecule has 88 valence electrons. The molecule has 0 spiro atoms. The number of carbonyl (C=O) groups is 2. The highest BCUT2D eigenvalue weighted by atomic mass is 35.5. The van der Waals surface area contributed by atoms with Crippen molar-refractivity contribution >= 4 is 45.9 Å². The van der Waals surface area contributed by atoms with Crippen LogP contribution in [-0.2, 0) is 4.79 Å². The van der Waals surface area contributed by atoms with Gasteiger partial charge in [-0.3, -0.25) is 9.59 Å². The lowest BCUT2D eigenvalue weighted by atomic mass is 10.2. The molecule has 0 unspecified atom stereocenters. The first-order valence-corrected chi connectivity index (χ1v) is 6.02. The van der Waals surface area contributed by atoms with Gasteiger partial charge < -0.3 is 0 Å². The monoisotopic (exact) mass is 268 g/mol. The Kier molecular flexibility index (Phi) is 3.13. The van der Waals surface area contributed by atoms with E-state index >= 15 is 0 Å². The third kappa shape index (κ3) is 2.30. The van der Waals surface area contributed by atoms with Gasteiger partial charge >= 0.3 is 0 Å². The van der Waals surface area contributed by atoms with Crippen molar-refractivity contribution in [2.75, 3.05) is 0 Å². The molecular weight excluding hydrogens is 260 g/mol. The highest BCUT2D eigenvalue weighted by Gasteiger charge is 2.09. The third-order valence-corrected chi connectivity index (χ3v) is 3.49. The van der Waals surface area contributed by atoms with Crippen LogP contribution >= 0.6 is 23.1 Å². The minimum absolute atomic E-state index is 0.118. The Bertz CT molecular complexity index is 684. The van der Waals surface area contributed by atoms with Gasteiger partial charge in [-0.15, -0.1) is 0 Å². The van der Waals surface area contributed by atoms with Crippen molar-refractivity contribution < 1.29 is 9.59 Å². The molecular formula is C11H9ClN2O2S. The van der Waals surface area contributed by atoms with Gasteiger partial charge in [-0.2, -0.15) is 0 Å². The van der Waals surface area contributed by atoms with Crippen molar-refractivity contribution in [3.8, 4) is 0 Å². The molecule has 2 aromatic rings. The second-order valence-electron chi connectivity index (χ2n) is 3.50. The first-order chi connectivity index (χ1) is 7.99. The molecule has 1 aromatic heterocycles. The number of benzene rings is 1.